The number of unbranched alkanes of at least 4 members (excludes halogenated alkanes) is 6. The van der Waals surface area contributed by atoms with Crippen molar-refractivity contribution >= 4 is 0 Å². The molecule has 83 valence electrons. The van der Waals surface area contributed by atoms with Gasteiger partial charge in [0.25, 0.3) is 0 Å². The zero-order chi connectivity index (χ0) is 6.95. The molecule has 0 rings (SSSR count). The SMILES string of the molecule is [CH2-]CC[CH-]C[CH-]CC[CH2-].[W].[Y].[Y].[Y].[Y].[Y].[Y].[Y]. The molecule has 8 heteroatoms. The zero-order valence-electron chi connectivity index (χ0n) is 10.6. The van der Waals surface area contributed by atoms with Gasteiger partial charge in [0.15, 0.2) is 0 Å². The van der Waals surface area contributed by atoms with Crippen molar-refractivity contribution in [1.29, 1.82) is 0 Å². The molecule has 7 radical (unpaired) electrons. The van der Waals surface area contributed by atoms with E-state index in [-0.39, 0.29) is 250 Å². The molecule has 0 heterocycles. The van der Waals surface area contributed by atoms with Crippen LogP contribution in [-0.2, 0) is 250 Å². The second-order valence-corrected chi connectivity index (χ2v) is 2.10. The second-order valence-electron chi connectivity index (χ2n) is 2.10. The summed E-state index contributed by atoms with van der Waals surface area (Å²) >= 11 is 0. The molecule has 0 atom stereocenters. The molecule has 0 nitrogen and oxygen atoms in total. The van der Waals surface area contributed by atoms with Crippen LogP contribution in [0.4, 0.5) is 0 Å². The monoisotopic (exact) mass is 930 g/mol. The molecule has 0 aromatic heterocycles. The third kappa shape index (κ3) is 59.0. The van der Waals surface area contributed by atoms with Crippen LogP contribution in [0.15, 0.2) is 0 Å². The largest absolute Gasteiger partial charge is 0.360 e. The standard InChI is InChI=1S/C9H16.W.7Y/c1-3-5-7-9-8-6-4-2;;;;;;;;/h7-8H,1-6,9H2;;;;;;;;/q-4;;;;;;;;. The fourth-order valence-electron chi connectivity index (χ4n) is 0.642. The van der Waals surface area contributed by atoms with Crippen molar-refractivity contribution in [2.24, 2.45) is 0 Å². The molecule has 0 bridgehead atoms. The van der Waals surface area contributed by atoms with E-state index in [0.717, 1.165) is 32.1 Å². The first kappa shape index (κ1) is 56.2. The van der Waals surface area contributed by atoms with Crippen LogP contribution in [0.25, 0.3) is 0 Å². The van der Waals surface area contributed by atoms with Gasteiger partial charge in [-0.25, -0.2) is 25.7 Å². The first-order valence-corrected chi connectivity index (χ1v) is 3.63. The van der Waals surface area contributed by atoms with Crippen LogP contribution < -0.4 is 0 Å². The topological polar surface area (TPSA) is 0 Å². The summed E-state index contributed by atoms with van der Waals surface area (Å²) in [6.45, 7) is 7.49. The van der Waals surface area contributed by atoms with E-state index in [1.807, 2.05) is 0 Å². The van der Waals surface area contributed by atoms with E-state index in [1.165, 1.54) is 0 Å². The Bertz CT molecular complexity index is 54.6. The van der Waals surface area contributed by atoms with Crippen molar-refractivity contribution in [2.75, 3.05) is 0 Å². The Morgan fingerprint density at radius 2 is 0.824 bits per heavy atom. The molecule has 0 aliphatic rings. The van der Waals surface area contributed by atoms with E-state index in [1.54, 1.807) is 0 Å². The van der Waals surface area contributed by atoms with Gasteiger partial charge in [0.05, 0.1) is 0 Å². The number of hydrogen-bond acceptors (Lipinski definition) is 0. The second kappa shape index (κ2) is 56.3. The summed E-state index contributed by atoms with van der Waals surface area (Å²) in [4.78, 5) is 0. The number of rotatable bonds is 6. The predicted molar refractivity (Wildman–Crippen MR) is 42.4 cm³/mol. The van der Waals surface area contributed by atoms with E-state index >= 15 is 0 Å². The number of hydrogen-bond donors (Lipinski definition) is 0. The molecule has 0 unspecified atom stereocenters. The van der Waals surface area contributed by atoms with E-state index in [0.29, 0.717) is 0 Å². The minimum atomic E-state index is 0. The molecular weight excluding hydrogens is 914 g/mol. The molecule has 0 saturated carbocycles. The summed E-state index contributed by atoms with van der Waals surface area (Å²) in [5, 5.41) is 0. The minimum Gasteiger partial charge on any atom is -0.360 e. The summed E-state index contributed by atoms with van der Waals surface area (Å²) in [5.74, 6) is 0. The van der Waals surface area contributed by atoms with Gasteiger partial charge in [-0.2, -0.15) is 0 Å². The summed E-state index contributed by atoms with van der Waals surface area (Å²) in [6.07, 6.45) is 10.0. The van der Waals surface area contributed by atoms with Gasteiger partial charge in [-0.1, -0.05) is 0 Å². The summed E-state index contributed by atoms with van der Waals surface area (Å²) < 4.78 is 0. The maximum absolute atomic E-state index is 3.75. The van der Waals surface area contributed by atoms with Crippen LogP contribution in [-0.4, -0.2) is 0 Å². The first-order valence-electron chi connectivity index (χ1n) is 3.63. The Labute approximate surface area is 300 Å². The van der Waals surface area contributed by atoms with Crippen LogP contribution >= 0.6 is 0 Å². The molecule has 0 amide bonds. The third-order valence-corrected chi connectivity index (χ3v) is 1.15. The van der Waals surface area contributed by atoms with Crippen LogP contribution in [0.3, 0.4) is 0 Å². The molecular formula is C9H16WY7-4. The van der Waals surface area contributed by atoms with Crippen LogP contribution in [0.1, 0.15) is 32.1 Å². The maximum atomic E-state index is 3.75. The van der Waals surface area contributed by atoms with Crippen molar-refractivity contribution in [3.63, 3.8) is 0 Å². The molecule has 0 aromatic carbocycles. The van der Waals surface area contributed by atoms with Gasteiger partial charge in [-0.15, -0.1) is 0 Å². The van der Waals surface area contributed by atoms with Gasteiger partial charge >= 0.3 is 0 Å². The van der Waals surface area contributed by atoms with E-state index in [2.05, 4.69) is 26.7 Å². The fourth-order valence-corrected chi connectivity index (χ4v) is 0.642. The Kier molecular flexibility index (Phi) is 186. The van der Waals surface area contributed by atoms with Gasteiger partial charge in [0.2, 0.25) is 0 Å². The predicted octanol–water partition coefficient (Wildman–Crippen LogP) is 2.99. The summed E-state index contributed by atoms with van der Waals surface area (Å²) in [5.41, 5.74) is 0. The van der Waals surface area contributed by atoms with Crippen molar-refractivity contribution in [2.45, 2.75) is 32.1 Å². The molecule has 0 aromatic rings. The van der Waals surface area contributed by atoms with Crippen LogP contribution in [0.2, 0.25) is 0 Å². The fraction of sp³-hybridized carbons (Fsp3) is 0.556. The summed E-state index contributed by atoms with van der Waals surface area (Å²) in [6, 6.07) is 0. The quantitative estimate of drug-likeness (QED) is 0.285. The van der Waals surface area contributed by atoms with Gasteiger partial charge in [0, 0.05) is 250 Å². The van der Waals surface area contributed by atoms with Crippen molar-refractivity contribution in [3.8, 4) is 0 Å². The Hall–Kier alpha value is 8.42. The van der Waals surface area contributed by atoms with E-state index in [9.17, 15) is 0 Å². The molecule has 0 aliphatic carbocycles. The van der Waals surface area contributed by atoms with Crippen LogP contribution in [0.5, 0.6) is 0 Å². The molecule has 0 fully saturated rings. The first-order chi connectivity index (χ1) is 4.41. The van der Waals surface area contributed by atoms with Gasteiger partial charge in [0.1, 0.15) is 0 Å². The Balaban J connectivity index is -0.0000000114. The Morgan fingerprint density at radius 3 is 1.00 bits per heavy atom. The van der Waals surface area contributed by atoms with Gasteiger partial charge in [-0.05, 0) is 0 Å². The van der Waals surface area contributed by atoms with Crippen molar-refractivity contribution < 1.29 is 250 Å². The van der Waals surface area contributed by atoms with E-state index in [4.69, 9.17) is 0 Å². The van der Waals surface area contributed by atoms with Gasteiger partial charge < -0.3 is 33.1 Å². The molecule has 0 spiro atoms. The van der Waals surface area contributed by atoms with E-state index < -0.39 is 0 Å². The van der Waals surface area contributed by atoms with Crippen molar-refractivity contribution in [1.82, 2.24) is 0 Å². The normalized spacial score (nSPS) is 5.29. The Morgan fingerprint density at radius 1 is 0.588 bits per heavy atom. The molecule has 0 N–H and O–H groups in total. The maximum Gasteiger partial charge on any atom is 0 e. The summed E-state index contributed by atoms with van der Waals surface area (Å²) in [7, 11) is 0. The molecule has 0 aliphatic heterocycles. The minimum absolute atomic E-state index is 0. The zero-order valence-corrected chi connectivity index (χ0v) is 33.4. The molecule has 0 saturated heterocycles. The van der Waals surface area contributed by atoms with Crippen molar-refractivity contribution in [3.05, 3.63) is 26.7 Å². The third-order valence-electron chi connectivity index (χ3n) is 1.15. The average Bonchev–Trinajstić information content (AvgIpc) is 1.89. The van der Waals surface area contributed by atoms with Crippen LogP contribution in [0, 0.1) is 26.7 Å². The molecule has 17 heavy (non-hydrogen) atoms. The van der Waals surface area contributed by atoms with Gasteiger partial charge in [-0.3, -0.25) is 0 Å². The smallest absolute Gasteiger partial charge is 0 e. The average molecular weight is 930 g/mol.